The van der Waals surface area contributed by atoms with Crippen LogP contribution in [0.5, 0.6) is 5.75 Å². The Labute approximate surface area is 202 Å². The summed E-state index contributed by atoms with van der Waals surface area (Å²) in [5.41, 5.74) is 8.69. The number of nitrogens with one attached hydrogen (secondary N) is 2. The number of ether oxygens (including phenoxy) is 1. The van der Waals surface area contributed by atoms with E-state index in [-0.39, 0.29) is 11.0 Å². The average molecular weight is 480 g/mol. The van der Waals surface area contributed by atoms with Gasteiger partial charge in [-0.3, -0.25) is 14.9 Å². The Morgan fingerprint density at radius 3 is 2.45 bits per heavy atom. The number of primary amides is 1. The Bertz CT molecular complexity index is 1160. The van der Waals surface area contributed by atoms with Crippen LogP contribution in [-0.4, -0.2) is 16.9 Å². The van der Waals surface area contributed by atoms with Gasteiger partial charge in [0.1, 0.15) is 17.4 Å². The van der Waals surface area contributed by atoms with Crippen LogP contribution in [0.1, 0.15) is 56.0 Å². The first-order chi connectivity index (χ1) is 16.0. The van der Waals surface area contributed by atoms with Gasteiger partial charge in [-0.25, -0.2) is 0 Å². The molecular weight excluding hydrogens is 454 g/mol. The van der Waals surface area contributed by atoms with Gasteiger partial charge in [0.25, 0.3) is 11.8 Å². The molecule has 0 aliphatic heterocycles. The summed E-state index contributed by atoms with van der Waals surface area (Å²) in [5.74, 6) is -0.153. The monoisotopic (exact) mass is 479 g/mol. The van der Waals surface area contributed by atoms with Crippen LogP contribution in [0.2, 0.25) is 0 Å². The van der Waals surface area contributed by atoms with Crippen molar-refractivity contribution in [1.82, 2.24) is 5.32 Å². The molecule has 8 heteroatoms. The Balaban J connectivity index is 1.37. The lowest BCUT2D eigenvalue weighted by Crippen LogP contribution is -2.34. The molecule has 1 aromatic heterocycles. The molecule has 0 saturated heterocycles. The third-order valence-corrected chi connectivity index (χ3v) is 6.90. The zero-order valence-electron chi connectivity index (χ0n) is 18.1. The summed E-state index contributed by atoms with van der Waals surface area (Å²) in [6, 6.07) is 16.7. The van der Waals surface area contributed by atoms with Crippen molar-refractivity contribution in [3.05, 3.63) is 81.7 Å². The number of amides is 2. The van der Waals surface area contributed by atoms with Crippen LogP contribution in [-0.2, 0) is 19.4 Å². The standard InChI is InChI=1S/C25H25N3O3S2/c26-22(29)21-19-9-5-2-6-10-20(19)33-24(21)28-25(32)27-23(30)17-11-13-18(14-12-17)31-15-16-7-3-1-4-8-16/h1,3-4,7-8,11-14H,2,5-6,9-10,15H2,(H2,26,29)(H2,27,28,30,32). The molecule has 2 aromatic carbocycles. The van der Waals surface area contributed by atoms with E-state index in [1.165, 1.54) is 16.2 Å². The van der Waals surface area contributed by atoms with Crippen molar-refractivity contribution in [3.8, 4) is 5.75 Å². The van der Waals surface area contributed by atoms with E-state index in [1.807, 2.05) is 30.3 Å². The maximum absolute atomic E-state index is 12.6. The summed E-state index contributed by atoms with van der Waals surface area (Å²) in [6.45, 7) is 0.452. The molecule has 4 rings (SSSR count). The highest BCUT2D eigenvalue weighted by Crippen LogP contribution is 2.37. The molecule has 3 aromatic rings. The topological polar surface area (TPSA) is 93.5 Å². The molecule has 1 aliphatic rings. The average Bonchev–Trinajstić information content (AvgIpc) is 2.99. The number of rotatable bonds is 6. The van der Waals surface area contributed by atoms with Crippen molar-refractivity contribution < 1.29 is 14.3 Å². The van der Waals surface area contributed by atoms with Gasteiger partial charge < -0.3 is 15.8 Å². The van der Waals surface area contributed by atoms with Gasteiger partial charge in [-0.1, -0.05) is 36.8 Å². The van der Waals surface area contributed by atoms with E-state index in [0.717, 1.165) is 43.2 Å². The van der Waals surface area contributed by atoms with Crippen LogP contribution >= 0.6 is 23.6 Å². The van der Waals surface area contributed by atoms with E-state index in [0.29, 0.717) is 28.5 Å². The smallest absolute Gasteiger partial charge is 0.257 e. The van der Waals surface area contributed by atoms with Crippen LogP contribution < -0.4 is 21.1 Å². The maximum atomic E-state index is 12.6. The SMILES string of the molecule is NC(=O)c1c(NC(=S)NC(=O)c2ccc(OCc3ccccc3)cc2)sc2c1CCCCC2. The minimum Gasteiger partial charge on any atom is -0.489 e. The van der Waals surface area contributed by atoms with Crippen LogP contribution in [0, 0.1) is 0 Å². The molecule has 6 nitrogen and oxygen atoms in total. The summed E-state index contributed by atoms with van der Waals surface area (Å²) >= 11 is 6.83. The second-order valence-corrected chi connectivity index (χ2v) is 9.35. The number of thiophene rings is 1. The molecule has 1 heterocycles. The predicted molar refractivity (Wildman–Crippen MR) is 135 cm³/mol. The van der Waals surface area contributed by atoms with Crippen molar-refractivity contribution in [2.24, 2.45) is 5.73 Å². The molecule has 0 spiro atoms. The van der Waals surface area contributed by atoms with E-state index >= 15 is 0 Å². The number of hydrogen-bond acceptors (Lipinski definition) is 5. The van der Waals surface area contributed by atoms with Crippen molar-refractivity contribution in [3.63, 3.8) is 0 Å². The van der Waals surface area contributed by atoms with Gasteiger partial charge in [0.05, 0.1) is 5.56 Å². The number of anilines is 1. The molecule has 2 amide bonds. The Morgan fingerprint density at radius 1 is 1.00 bits per heavy atom. The number of carbonyl (C=O) groups is 2. The number of thiocarbonyl (C=S) groups is 1. The third kappa shape index (κ3) is 5.77. The second kappa shape index (κ2) is 10.6. The van der Waals surface area contributed by atoms with Crippen LogP contribution in [0.4, 0.5) is 5.00 Å². The third-order valence-electron chi connectivity index (χ3n) is 5.49. The minimum absolute atomic E-state index is 0.128. The van der Waals surface area contributed by atoms with Gasteiger partial charge >= 0.3 is 0 Å². The van der Waals surface area contributed by atoms with E-state index in [9.17, 15) is 9.59 Å². The highest BCUT2D eigenvalue weighted by Gasteiger charge is 2.24. The fourth-order valence-corrected chi connectivity index (χ4v) is 5.40. The first kappa shape index (κ1) is 22.9. The molecule has 0 radical (unpaired) electrons. The number of carbonyl (C=O) groups excluding carboxylic acids is 2. The van der Waals surface area contributed by atoms with Gasteiger partial charge in [0.2, 0.25) is 0 Å². The van der Waals surface area contributed by atoms with Crippen LogP contribution in [0.15, 0.2) is 54.6 Å². The predicted octanol–water partition coefficient (Wildman–Crippen LogP) is 4.82. The van der Waals surface area contributed by atoms with E-state index in [4.69, 9.17) is 22.7 Å². The number of hydrogen-bond donors (Lipinski definition) is 3. The fraction of sp³-hybridized carbons (Fsp3) is 0.240. The molecule has 0 saturated carbocycles. The lowest BCUT2D eigenvalue weighted by atomic mass is 10.1. The molecule has 0 atom stereocenters. The second-order valence-electron chi connectivity index (χ2n) is 7.84. The Kier molecular flexibility index (Phi) is 7.36. The Morgan fingerprint density at radius 2 is 1.73 bits per heavy atom. The molecule has 33 heavy (non-hydrogen) atoms. The summed E-state index contributed by atoms with van der Waals surface area (Å²) < 4.78 is 5.76. The van der Waals surface area contributed by atoms with Gasteiger partial charge in [-0.15, -0.1) is 11.3 Å². The minimum atomic E-state index is -0.475. The van der Waals surface area contributed by atoms with Gasteiger partial charge in [0.15, 0.2) is 5.11 Å². The molecule has 170 valence electrons. The quantitative estimate of drug-likeness (QED) is 0.348. The molecule has 4 N–H and O–H groups in total. The molecular formula is C25H25N3O3S2. The number of nitrogens with two attached hydrogens (primary N) is 1. The van der Waals surface area contributed by atoms with Crippen molar-refractivity contribution in [2.45, 2.75) is 38.7 Å². The molecule has 0 fully saturated rings. The molecule has 1 aliphatic carbocycles. The first-order valence-corrected chi connectivity index (χ1v) is 12.1. The summed E-state index contributed by atoms with van der Waals surface area (Å²) in [4.78, 5) is 25.9. The fourth-order valence-electron chi connectivity index (χ4n) is 3.84. The maximum Gasteiger partial charge on any atom is 0.257 e. The largest absolute Gasteiger partial charge is 0.489 e. The molecule has 0 bridgehead atoms. The van der Waals surface area contributed by atoms with Crippen molar-refractivity contribution >= 4 is 45.5 Å². The summed E-state index contributed by atoms with van der Waals surface area (Å²) in [6.07, 6.45) is 5.05. The van der Waals surface area contributed by atoms with Gasteiger partial charge in [-0.2, -0.15) is 0 Å². The van der Waals surface area contributed by atoms with Crippen molar-refractivity contribution in [2.75, 3.05) is 5.32 Å². The summed E-state index contributed by atoms with van der Waals surface area (Å²) in [5, 5.41) is 6.42. The number of fused-ring (bicyclic) bond motifs is 1. The van der Waals surface area contributed by atoms with Gasteiger partial charge in [-0.05, 0) is 73.3 Å². The van der Waals surface area contributed by atoms with E-state index in [1.54, 1.807) is 24.3 Å². The van der Waals surface area contributed by atoms with E-state index in [2.05, 4.69) is 10.6 Å². The number of benzene rings is 2. The van der Waals surface area contributed by atoms with E-state index < -0.39 is 5.91 Å². The zero-order valence-corrected chi connectivity index (χ0v) is 19.7. The normalized spacial score (nSPS) is 12.8. The zero-order chi connectivity index (χ0) is 23.2. The Hall–Kier alpha value is -3.23. The van der Waals surface area contributed by atoms with Gasteiger partial charge in [0, 0.05) is 10.4 Å². The highest BCUT2D eigenvalue weighted by molar-refractivity contribution is 7.80. The van der Waals surface area contributed by atoms with Crippen LogP contribution in [0.25, 0.3) is 0 Å². The summed E-state index contributed by atoms with van der Waals surface area (Å²) in [7, 11) is 0. The van der Waals surface area contributed by atoms with Crippen LogP contribution in [0.3, 0.4) is 0 Å². The highest BCUT2D eigenvalue weighted by atomic mass is 32.1. The lowest BCUT2D eigenvalue weighted by molar-refractivity contribution is 0.0975. The number of aryl methyl sites for hydroxylation is 1. The lowest BCUT2D eigenvalue weighted by Gasteiger charge is -2.11. The molecule has 0 unspecified atom stereocenters. The first-order valence-electron chi connectivity index (χ1n) is 10.8. The van der Waals surface area contributed by atoms with Crippen molar-refractivity contribution in [1.29, 1.82) is 0 Å².